The molecule has 0 rings (SSSR count). The van der Waals surface area contributed by atoms with Crippen molar-refractivity contribution in [3.05, 3.63) is 24.6 Å². The van der Waals surface area contributed by atoms with Gasteiger partial charge in [-0.2, -0.15) is 10.5 Å². The average Bonchev–Trinajstić information content (AvgIpc) is 2.42. The lowest BCUT2D eigenvalue weighted by molar-refractivity contribution is 0.419. The minimum Gasteiger partial charge on any atom is -0.377 e. The Morgan fingerprint density at radius 2 is 1.00 bits per heavy atom. The lowest BCUT2D eigenvalue weighted by Crippen LogP contribution is -2.14. The van der Waals surface area contributed by atoms with E-state index in [1.54, 1.807) is 12.4 Å². The highest BCUT2D eigenvalue weighted by Gasteiger charge is 1.86. The third kappa shape index (κ3) is 12.1. The molecule has 0 aromatic rings. The van der Waals surface area contributed by atoms with E-state index >= 15 is 0 Å². The molecule has 0 N–H and O–H groups in total. The summed E-state index contributed by atoms with van der Waals surface area (Å²) in [7, 11) is 0. The highest BCUT2D eigenvalue weighted by molar-refractivity contribution is 5.01. The molecular formula is C14H24N4. The van der Waals surface area contributed by atoms with Gasteiger partial charge in [0.25, 0.3) is 0 Å². The minimum atomic E-state index is 0.967. The van der Waals surface area contributed by atoms with Gasteiger partial charge < -0.3 is 9.80 Å². The van der Waals surface area contributed by atoms with Crippen LogP contribution in [0.1, 0.15) is 27.7 Å². The van der Waals surface area contributed by atoms with Gasteiger partial charge in [0.1, 0.15) is 0 Å². The summed E-state index contributed by atoms with van der Waals surface area (Å²) in [5.41, 5.74) is 0. The Morgan fingerprint density at radius 3 is 1.17 bits per heavy atom. The molecule has 100 valence electrons. The summed E-state index contributed by atoms with van der Waals surface area (Å²) in [6, 6.07) is 3.89. The van der Waals surface area contributed by atoms with Gasteiger partial charge >= 0.3 is 0 Å². The first-order valence-electron chi connectivity index (χ1n) is 6.30. The Hall–Kier alpha value is -1.94. The fourth-order valence-electron chi connectivity index (χ4n) is 1.15. The standard InChI is InChI=1S/2C7H12N2/c2*1-3-9(4-2)7-5-6-8/h2*5,7H,3-4H2,1-2H3. The van der Waals surface area contributed by atoms with Gasteiger partial charge in [-0.1, -0.05) is 0 Å². The molecule has 0 bridgehead atoms. The van der Waals surface area contributed by atoms with Crippen LogP contribution in [-0.2, 0) is 0 Å². The molecule has 0 saturated heterocycles. The number of nitrogens with zero attached hydrogens (tertiary/aromatic N) is 4. The third-order valence-corrected chi connectivity index (χ3v) is 2.34. The quantitative estimate of drug-likeness (QED) is 0.678. The van der Waals surface area contributed by atoms with Gasteiger partial charge in [-0.05, 0) is 27.7 Å². The Bertz CT molecular complexity index is 267. The SMILES string of the molecule is CCN(C=CC#N)CC.CCN(C=CC#N)CC. The zero-order valence-electron chi connectivity index (χ0n) is 11.9. The zero-order chi connectivity index (χ0) is 14.2. The summed E-state index contributed by atoms with van der Waals surface area (Å²) in [5, 5.41) is 16.3. The van der Waals surface area contributed by atoms with Crippen LogP contribution in [0.2, 0.25) is 0 Å². The largest absolute Gasteiger partial charge is 0.377 e. The fraction of sp³-hybridized carbons (Fsp3) is 0.571. The molecule has 0 saturated carbocycles. The first-order valence-corrected chi connectivity index (χ1v) is 6.30. The molecule has 0 heterocycles. The van der Waals surface area contributed by atoms with Crippen LogP contribution in [-0.4, -0.2) is 36.0 Å². The highest BCUT2D eigenvalue weighted by atomic mass is 15.1. The molecule has 0 aliphatic rings. The van der Waals surface area contributed by atoms with Crippen molar-refractivity contribution >= 4 is 0 Å². The van der Waals surface area contributed by atoms with E-state index in [0.717, 1.165) is 26.2 Å². The average molecular weight is 248 g/mol. The number of allylic oxidation sites excluding steroid dienone is 2. The van der Waals surface area contributed by atoms with Crippen LogP contribution < -0.4 is 0 Å². The number of hydrogen-bond donors (Lipinski definition) is 0. The Balaban J connectivity index is 0. The second-order valence-corrected chi connectivity index (χ2v) is 3.33. The van der Waals surface area contributed by atoms with E-state index in [-0.39, 0.29) is 0 Å². The highest BCUT2D eigenvalue weighted by Crippen LogP contribution is 1.86. The molecule has 0 aliphatic carbocycles. The van der Waals surface area contributed by atoms with Gasteiger partial charge in [0.15, 0.2) is 0 Å². The molecule has 0 spiro atoms. The first kappa shape index (κ1) is 18.4. The smallest absolute Gasteiger partial charge is 0.0927 e. The van der Waals surface area contributed by atoms with E-state index in [9.17, 15) is 0 Å². The molecule has 18 heavy (non-hydrogen) atoms. The second kappa shape index (κ2) is 15.1. The maximum atomic E-state index is 8.14. The van der Waals surface area contributed by atoms with Crippen LogP contribution >= 0.6 is 0 Å². The first-order chi connectivity index (χ1) is 8.69. The van der Waals surface area contributed by atoms with Crippen molar-refractivity contribution in [1.82, 2.24) is 9.80 Å². The van der Waals surface area contributed by atoms with E-state index in [0.29, 0.717) is 0 Å². The van der Waals surface area contributed by atoms with Crippen molar-refractivity contribution in [2.45, 2.75) is 27.7 Å². The lowest BCUT2D eigenvalue weighted by atomic mass is 10.5. The zero-order valence-corrected chi connectivity index (χ0v) is 11.9. The third-order valence-electron chi connectivity index (χ3n) is 2.34. The van der Waals surface area contributed by atoms with Gasteiger partial charge in [0, 0.05) is 50.7 Å². The van der Waals surface area contributed by atoms with Crippen LogP contribution in [0, 0.1) is 22.7 Å². The molecule has 0 aromatic carbocycles. The summed E-state index contributed by atoms with van der Waals surface area (Å²) in [4.78, 5) is 4.12. The molecule has 0 aromatic heterocycles. The Morgan fingerprint density at radius 1 is 0.722 bits per heavy atom. The summed E-state index contributed by atoms with van der Waals surface area (Å²) in [6.45, 7) is 12.1. The van der Waals surface area contributed by atoms with Crippen molar-refractivity contribution in [3.8, 4) is 12.1 Å². The molecule has 0 radical (unpaired) electrons. The van der Waals surface area contributed by atoms with Crippen molar-refractivity contribution in [3.63, 3.8) is 0 Å². The van der Waals surface area contributed by atoms with Crippen molar-refractivity contribution in [2.24, 2.45) is 0 Å². The van der Waals surface area contributed by atoms with Crippen molar-refractivity contribution in [1.29, 1.82) is 10.5 Å². The molecule has 0 atom stereocenters. The maximum Gasteiger partial charge on any atom is 0.0927 e. The monoisotopic (exact) mass is 248 g/mol. The predicted molar refractivity (Wildman–Crippen MR) is 75.3 cm³/mol. The van der Waals surface area contributed by atoms with Crippen LogP contribution in [0.25, 0.3) is 0 Å². The molecule has 4 nitrogen and oxygen atoms in total. The second-order valence-electron chi connectivity index (χ2n) is 3.33. The molecule has 4 heteroatoms. The number of rotatable bonds is 6. The molecule has 0 unspecified atom stereocenters. The number of hydrogen-bond acceptors (Lipinski definition) is 4. The predicted octanol–water partition coefficient (Wildman–Crippen LogP) is 2.73. The van der Waals surface area contributed by atoms with Gasteiger partial charge in [-0.3, -0.25) is 0 Å². The Labute approximate surface area is 111 Å². The minimum absolute atomic E-state index is 0.967. The van der Waals surface area contributed by atoms with E-state index in [1.165, 1.54) is 12.2 Å². The van der Waals surface area contributed by atoms with Gasteiger partial charge in [0.05, 0.1) is 12.1 Å². The summed E-state index contributed by atoms with van der Waals surface area (Å²) in [5.74, 6) is 0. The molecular weight excluding hydrogens is 224 g/mol. The van der Waals surface area contributed by atoms with E-state index in [4.69, 9.17) is 10.5 Å². The van der Waals surface area contributed by atoms with Crippen molar-refractivity contribution < 1.29 is 0 Å². The van der Waals surface area contributed by atoms with Gasteiger partial charge in [-0.25, -0.2) is 0 Å². The van der Waals surface area contributed by atoms with E-state index < -0.39 is 0 Å². The van der Waals surface area contributed by atoms with E-state index in [1.807, 2.05) is 12.1 Å². The van der Waals surface area contributed by atoms with Crippen LogP contribution in [0.4, 0.5) is 0 Å². The molecule has 0 fully saturated rings. The molecule has 0 aliphatic heterocycles. The Kier molecular flexibility index (Phi) is 15.4. The van der Waals surface area contributed by atoms with Gasteiger partial charge in [0.2, 0.25) is 0 Å². The lowest BCUT2D eigenvalue weighted by Gasteiger charge is -2.13. The van der Waals surface area contributed by atoms with E-state index in [2.05, 4.69) is 37.5 Å². The van der Waals surface area contributed by atoms with Crippen LogP contribution in [0.5, 0.6) is 0 Å². The number of nitriles is 2. The maximum absolute atomic E-state index is 8.14. The summed E-state index contributed by atoms with van der Waals surface area (Å²) >= 11 is 0. The van der Waals surface area contributed by atoms with Crippen LogP contribution in [0.15, 0.2) is 24.6 Å². The summed E-state index contributed by atoms with van der Waals surface area (Å²) < 4.78 is 0. The topological polar surface area (TPSA) is 54.1 Å². The normalized spacial score (nSPS) is 9.44. The fourth-order valence-corrected chi connectivity index (χ4v) is 1.15. The van der Waals surface area contributed by atoms with Crippen molar-refractivity contribution in [2.75, 3.05) is 26.2 Å². The van der Waals surface area contributed by atoms with Gasteiger partial charge in [-0.15, -0.1) is 0 Å². The summed E-state index contributed by atoms with van der Waals surface area (Å²) in [6.07, 6.45) is 6.60. The van der Waals surface area contributed by atoms with Crippen LogP contribution in [0.3, 0.4) is 0 Å². The molecule has 0 amide bonds.